The Balaban J connectivity index is 1.82. The molecule has 2 fully saturated rings. The molecule has 0 aromatic carbocycles. The smallest absolute Gasteiger partial charge is 0.224 e. The molecule has 1 saturated carbocycles. The van der Waals surface area contributed by atoms with Gasteiger partial charge < -0.3 is 10.4 Å². The summed E-state index contributed by atoms with van der Waals surface area (Å²) in [5.41, 5.74) is 0. The third kappa shape index (κ3) is 3.42. The third-order valence-corrected chi connectivity index (χ3v) is 5.41. The molecule has 2 rings (SSSR count). The largest absolute Gasteiger partial charge is 0.393 e. The first-order valence-electron chi connectivity index (χ1n) is 6.15. The van der Waals surface area contributed by atoms with Crippen LogP contribution in [0.2, 0.25) is 0 Å². The number of hydrogen-bond donors (Lipinski definition) is 2. The fourth-order valence-corrected chi connectivity index (χ4v) is 4.28. The van der Waals surface area contributed by atoms with E-state index >= 15 is 0 Å². The van der Waals surface area contributed by atoms with Gasteiger partial charge >= 0.3 is 0 Å². The summed E-state index contributed by atoms with van der Waals surface area (Å²) in [6.07, 6.45) is 3.21. The summed E-state index contributed by atoms with van der Waals surface area (Å²) < 4.78 is 22.5. The highest BCUT2D eigenvalue weighted by Gasteiger charge is 2.34. The molecule has 0 spiro atoms. The van der Waals surface area contributed by atoms with Gasteiger partial charge in [-0.15, -0.1) is 0 Å². The van der Waals surface area contributed by atoms with Crippen molar-refractivity contribution in [2.75, 3.05) is 11.5 Å². The predicted octanol–water partition coefficient (Wildman–Crippen LogP) is -0.159. The summed E-state index contributed by atoms with van der Waals surface area (Å²) in [7, 11) is -2.99. The maximum atomic E-state index is 11.8. The van der Waals surface area contributed by atoms with Gasteiger partial charge in [0.1, 0.15) is 0 Å². The Labute approximate surface area is 102 Å². The first kappa shape index (κ1) is 12.8. The number of aliphatic hydroxyl groups is 1. The Hall–Kier alpha value is -0.620. The summed E-state index contributed by atoms with van der Waals surface area (Å²) in [5.74, 6) is -0.373. The number of rotatable bonds is 2. The standard InChI is InChI=1S/C11H19NO4S/c13-10-3-1-9(2-4-10)12-11(14)8-5-6-17(15,16)7-8/h8-10,13H,1-7H2,(H,12,14)/t8-,9?,10?/m1/s1. The highest BCUT2D eigenvalue weighted by Crippen LogP contribution is 2.21. The van der Waals surface area contributed by atoms with Gasteiger partial charge in [-0.2, -0.15) is 0 Å². The Morgan fingerprint density at radius 3 is 2.29 bits per heavy atom. The molecule has 0 unspecified atom stereocenters. The number of nitrogens with one attached hydrogen (secondary N) is 1. The van der Waals surface area contributed by atoms with E-state index in [2.05, 4.69) is 5.32 Å². The van der Waals surface area contributed by atoms with Crippen molar-refractivity contribution in [2.24, 2.45) is 5.92 Å². The number of hydrogen-bond acceptors (Lipinski definition) is 4. The first-order valence-corrected chi connectivity index (χ1v) is 7.97. The van der Waals surface area contributed by atoms with Crippen LogP contribution in [0.5, 0.6) is 0 Å². The van der Waals surface area contributed by atoms with Crippen LogP contribution in [0.3, 0.4) is 0 Å². The molecule has 1 amide bonds. The topological polar surface area (TPSA) is 83.5 Å². The molecule has 2 N–H and O–H groups in total. The van der Waals surface area contributed by atoms with Crippen LogP contribution in [0.25, 0.3) is 0 Å². The second-order valence-corrected chi connectivity index (χ2v) is 7.34. The number of carbonyl (C=O) groups excluding carboxylic acids is 1. The van der Waals surface area contributed by atoms with Crippen LogP contribution in [-0.2, 0) is 14.6 Å². The molecule has 1 saturated heterocycles. The van der Waals surface area contributed by atoms with Crippen LogP contribution in [0.15, 0.2) is 0 Å². The molecule has 98 valence electrons. The number of amides is 1. The zero-order valence-corrected chi connectivity index (χ0v) is 10.6. The summed E-state index contributed by atoms with van der Waals surface area (Å²) in [5, 5.41) is 12.3. The normalized spacial score (nSPS) is 36.6. The van der Waals surface area contributed by atoms with Crippen LogP contribution >= 0.6 is 0 Å². The number of sulfone groups is 1. The minimum absolute atomic E-state index is 0.00578. The van der Waals surface area contributed by atoms with E-state index in [1.54, 1.807) is 0 Å². The monoisotopic (exact) mass is 261 g/mol. The van der Waals surface area contributed by atoms with Gasteiger partial charge in [0.25, 0.3) is 0 Å². The van der Waals surface area contributed by atoms with E-state index in [9.17, 15) is 18.3 Å². The van der Waals surface area contributed by atoms with Crippen molar-refractivity contribution in [3.63, 3.8) is 0 Å². The fourth-order valence-electron chi connectivity index (χ4n) is 2.54. The summed E-state index contributed by atoms with van der Waals surface area (Å²) in [6.45, 7) is 0. The lowest BCUT2D eigenvalue weighted by atomic mass is 9.92. The minimum atomic E-state index is -2.99. The van der Waals surface area contributed by atoms with Gasteiger partial charge in [-0.3, -0.25) is 4.79 Å². The fraction of sp³-hybridized carbons (Fsp3) is 0.909. The van der Waals surface area contributed by atoms with Crippen molar-refractivity contribution in [2.45, 2.75) is 44.2 Å². The highest BCUT2D eigenvalue weighted by molar-refractivity contribution is 7.91. The van der Waals surface area contributed by atoms with Crippen molar-refractivity contribution < 1.29 is 18.3 Å². The molecule has 0 bridgehead atoms. The lowest BCUT2D eigenvalue weighted by molar-refractivity contribution is -0.125. The van der Waals surface area contributed by atoms with Gasteiger partial charge in [0.05, 0.1) is 23.5 Å². The quantitative estimate of drug-likeness (QED) is 0.723. The van der Waals surface area contributed by atoms with E-state index in [-0.39, 0.29) is 35.5 Å². The van der Waals surface area contributed by atoms with Crippen molar-refractivity contribution in [1.29, 1.82) is 0 Å². The third-order valence-electron chi connectivity index (χ3n) is 3.65. The predicted molar refractivity (Wildman–Crippen MR) is 63.2 cm³/mol. The van der Waals surface area contributed by atoms with Crippen LogP contribution in [-0.4, -0.2) is 43.1 Å². The van der Waals surface area contributed by atoms with Gasteiger partial charge in [-0.05, 0) is 32.1 Å². The van der Waals surface area contributed by atoms with Crippen LogP contribution in [0, 0.1) is 5.92 Å². The molecule has 0 aromatic rings. The van der Waals surface area contributed by atoms with E-state index in [0.29, 0.717) is 19.3 Å². The van der Waals surface area contributed by atoms with E-state index in [1.807, 2.05) is 0 Å². The first-order chi connectivity index (χ1) is 7.96. The molecule has 1 aliphatic heterocycles. The second-order valence-electron chi connectivity index (χ2n) is 5.11. The zero-order chi connectivity index (χ0) is 12.5. The second kappa shape index (κ2) is 4.94. The molecular weight excluding hydrogens is 242 g/mol. The molecule has 0 aromatic heterocycles. The van der Waals surface area contributed by atoms with E-state index in [4.69, 9.17) is 0 Å². The summed E-state index contributed by atoms with van der Waals surface area (Å²) >= 11 is 0. The van der Waals surface area contributed by atoms with Crippen molar-refractivity contribution in [3.8, 4) is 0 Å². The maximum Gasteiger partial charge on any atom is 0.224 e. The van der Waals surface area contributed by atoms with Gasteiger partial charge in [-0.25, -0.2) is 8.42 Å². The van der Waals surface area contributed by atoms with Crippen molar-refractivity contribution in [3.05, 3.63) is 0 Å². The van der Waals surface area contributed by atoms with Gasteiger partial charge in [0.15, 0.2) is 9.84 Å². The molecular formula is C11H19NO4S. The maximum absolute atomic E-state index is 11.8. The van der Waals surface area contributed by atoms with Crippen LogP contribution in [0.1, 0.15) is 32.1 Å². The van der Waals surface area contributed by atoms with Crippen molar-refractivity contribution in [1.82, 2.24) is 5.32 Å². The summed E-state index contributed by atoms with van der Waals surface area (Å²) in [6, 6.07) is 0.106. The molecule has 1 atom stereocenters. The molecule has 5 nitrogen and oxygen atoms in total. The molecule has 17 heavy (non-hydrogen) atoms. The molecule has 1 heterocycles. The Kier molecular flexibility index (Phi) is 3.73. The minimum Gasteiger partial charge on any atom is -0.393 e. The Morgan fingerprint density at radius 1 is 1.12 bits per heavy atom. The lowest BCUT2D eigenvalue weighted by Gasteiger charge is -2.27. The van der Waals surface area contributed by atoms with Crippen LogP contribution < -0.4 is 5.32 Å². The van der Waals surface area contributed by atoms with E-state index < -0.39 is 9.84 Å². The van der Waals surface area contributed by atoms with Gasteiger partial charge in [-0.1, -0.05) is 0 Å². The summed E-state index contributed by atoms with van der Waals surface area (Å²) in [4.78, 5) is 11.8. The van der Waals surface area contributed by atoms with Gasteiger partial charge in [0, 0.05) is 6.04 Å². The van der Waals surface area contributed by atoms with Crippen LogP contribution in [0.4, 0.5) is 0 Å². The molecule has 6 heteroatoms. The molecule has 0 radical (unpaired) electrons. The van der Waals surface area contributed by atoms with Gasteiger partial charge in [0.2, 0.25) is 5.91 Å². The number of carbonyl (C=O) groups is 1. The zero-order valence-electron chi connectivity index (χ0n) is 9.76. The SMILES string of the molecule is O=C(NC1CCC(O)CC1)[C@@H]1CCS(=O)(=O)C1. The Morgan fingerprint density at radius 2 is 1.76 bits per heavy atom. The average Bonchev–Trinajstić information content (AvgIpc) is 2.62. The molecule has 2 aliphatic rings. The Bertz CT molecular complexity index is 384. The van der Waals surface area contributed by atoms with E-state index in [1.165, 1.54) is 0 Å². The van der Waals surface area contributed by atoms with E-state index in [0.717, 1.165) is 12.8 Å². The lowest BCUT2D eigenvalue weighted by Crippen LogP contribution is -2.41. The van der Waals surface area contributed by atoms with Crippen molar-refractivity contribution >= 4 is 15.7 Å². The number of aliphatic hydroxyl groups excluding tert-OH is 1. The average molecular weight is 261 g/mol. The molecule has 1 aliphatic carbocycles. The highest BCUT2D eigenvalue weighted by atomic mass is 32.2.